The fourth-order valence-electron chi connectivity index (χ4n) is 3.33. The lowest BCUT2D eigenvalue weighted by molar-refractivity contribution is -0.432. The number of nitrogen functional groups attached to an aromatic ring is 1. The van der Waals surface area contributed by atoms with E-state index in [0.29, 0.717) is 12.0 Å². The standard InChI is InChI=1S/C18H12N2O8S2/c19-16-11-6-10(29-28-27-23)7-12-15(11)13(8-14(16)30(24,25)26)18(22)20(17(12)21)9-4-2-1-3-5-9/h1-8,23H,19H2,(H,24,25,26). The van der Waals surface area contributed by atoms with Gasteiger partial charge in [0.2, 0.25) is 0 Å². The molecular weight excluding hydrogens is 436 g/mol. The molecule has 3 aromatic rings. The number of carbonyl (C=O) groups is 2. The van der Waals surface area contributed by atoms with Crippen molar-refractivity contribution in [2.75, 3.05) is 10.6 Å². The lowest BCUT2D eigenvalue weighted by Gasteiger charge is -2.28. The zero-order chi connectivity index (χ0) is 21.6. The Morgan fingerprint density at radius 1 is 1.00 bits per heavy atom. The van der Waals surface area contributed by atoms with Gasteiger partial charge >= 0.3 is 0 Å². The lowest BCUT2D eigenvalue weighted by Crippen LogP contribution is -2.40. The predicted molar refractivity (Wildman–Crippen MR) is 106 cm³/mol. The topological polar surface area (TPSA) is 156 Å². The lowest BCUT2D eigenvalue weighted by atomic mass is 9.92. The van der Waals surface area contributed by atoms with E-state index >= 15 is 0 Å². The van der Waals surface area contributed by atoms with Crippen molar-refractivity contribution in [3.63, 3.8) is 0 Å². The summed E-state index contributed by atoms with van der Waals surface area (Å²) in [4.78, 5) is 26.8. The highest BCUT2D eigenvalue weighted by Crippen LogP contribution is 2.41. The average Bonchev–Trinajstić information content (AvgIpc) is 2.71. The normalized spacial score (nSPS) is 13.9. The van der Waals surface area contributed by atoms with Crippen LogP contribution in [0.3, 0.4) is 0 Å². The summed E-state index contributed by atoms with van der Waals surface area (Å²) in [6.45, 7) is 0. The Hall–Kier alpha value is -3.00. The van der Waals surface area contributed by atoms with Gasteiger partial charge < -0.3 is 5.73 Å². The van der Waals surface area contributed by atoms with Crippen LogP contribution in [0, 0.1) is 0 Å². The zero-order valence-corrected chi connectivity index (χ0v) is 16.4. The van der Waals surface area contributed by atoms with Gasteiger partial charge in [0.05, 0.1) is 34.5 Å². The Morgan fingerprint density at radius 3 is 2.23 bits per heavy atom. The quantitative estimate of drug-likeness (QED) is 0.132. The molecule has 1 aliphatic heterocycles. The van der Waals surface area contributed by atoms with Gasteiger partial charge in [0.25, 0.3) is 21.9 Å². The van der Waals surface area contributed by atoms with Crippen molar-refractivity contribution in [1.29, 1.82) is 0 Å². The number of anilines is 2. The maximum atomic E-state index is 13.2. The largest absolute Gasteiger partial charge is 0.397 e. The van der Waals surface area contributed by atoms with Crippen LogP contribution >= 0.6 is 12.0 Å². The first-order valence-corrected chi connectivity index (χ1v) is 10.4. The number of nitrogens with two attached hydrogens (primary N) is 1. The monoisotopic (exact) mass is 448 g/mol. The molecular formula is C18H12N2O8S2. The number of carbonyl (C=O) groups excluding carboxylic acids is 2. The number of amides is 2. The molecule has 10 nitrogen and oxygen atoms in total. The maximum Gasteiger partial charge on any atom is 0.296 e. The zero-order valence-electron chi connectivity index (χ0n) is 14.8. The van der Waals surface area contributed by atoms with E-state index in [1.165, 1.54) is 12.1 Å². The van der Waals surface area contributed by atoms with Gasteiger partial charge in [-0.25, -0.2) is 10.2 Å². The molecule has 154 valence electrons. The second-order valence-electron chi connectivity index (χ2n) is 6.21. The molecule has 3 aromatic carbocycles. The van der Waals surface area contributed by atoms with Crippen LogP contribution in [0.1, 0.15) is 20.7 Å². The van der Waals surface area contributed by atoms with E-state index in [9.17, 15) is 22.6 Å². The molecule has 0 saturated heterocycles. The molecule has 0 aliphatic carbocycles. The molecule has 0 radical (unpaired) electrons. The van der Waals surface area contributed by atoms with Crippen LogP contribution in [0.5, 0.6) is 0 Å². The molecule has 0 aromatic heterocycles. The third kappa shape index (κ3) is 3.21. The molecule has 0 spiro atoms. The Labute approximate surface area is 173 Å². The van der Waals surface area contributed by atoms with Gasteiger partial charge in [-0.05, 0) is 30.3 Å². The highest BCUT2D eigenvalue weighted by atomic mass is 32.2. The summed E-state index contributed by atoms with van der Waals surface area (Å²) in [5, 5.41) is 12.1. The third-order valence-electron chi connectivity index (χ3n) is 4.53. The molecule has 30 heavy (non-hydrogen) atoms. The number of nitrogens with zero attached hydrogens (tertiary/aromatic N) is 1. The minimum absolute atomic E-state index is 0.0380. The van der Waals surface area contributed by atoms with Crippen molar-refractivity contribution in [3.05, 3.63) is 59.7 Å². The van der Waals surface area contributed by atoms with E-state index in [-0.39, 0.29) is 38.2 Å². The average molecular weight is 448 g/mol. The summed E-state index contributed by atoms with van der Waals surface area (Å²) in [6, 6.07) is 11.7. The Bertz CT molecular complexity index is 1310. The predicted octanol–water partition coefficient (Wildman–Crippen LogP) is 2.90. The van der Waals surface area contributed by atoms with Crippen LogP contribution in [-0.4, -0.2) is 30.0 Å². The van der Waals surface area contributed by atoms with Crippen molar-refractivity contribution in [1.82, 2.24) is 0 Å². The molecule has 0 fully saturated rings. The summed E-state index contributed by atoms with van der Waals surface area (Å²) in [6.07, 6.45) is 0. The first-order chi connectivity index (χ1) is 14.2. The Balaban J connectivity index is 2.08. The van der Waals surface area contributed by atoms with Gasteiger partial charge in [0.1, 0.15) is 4.90 Å². The Kier molecular flexibility index (Phi) is 4.97. The minimum Gasteiger partial charge on any atom is -0.397 e. The molecule has 12 heteroatoms. The summed E-state index contributed by atoms with van der Waals surface area (Å²) in [7, 11) is -4.78. The van der Waals surface area contributed by atoms with Gasteiger partial charge in [-0.2, -0.15) is 8.42 Å². The maximum absolute atomic E-state index is 13.2. The molecule has 0 saturated carbocycles. The van der Waals surface area contributed by atoms with Crippen molar-refractivity contribution >= 4 is 56.1 Å². The highest BCUT2D eigenvalue weighted by Gasteiger charge is 2.36. The van der Waals surface area contributed by atoms with Crippen molar-refractivity contribution in [3.8, 4) is 0 Å². The van der Waals surface area contributed by atoms with Crippen LogP contribution in [-0.2, 0) is 19.5 Å². The van der Waals surface area contributed by atoms with E-state index in [2.05, 4.69) is 9.37 Å². The van der Waals surface area contributed by atoms with E-state index in [1.54, 1.807) is 30.3 Å². The fraction of sp³-hybridized carbons (Fsp3) is 0. The second-order valence-corrected chi connectivity index (χ2v) is 8.38. The van der Waals surface area contributed by atoms with Crippen LogP contribution in [0.25, 0.3) is 10.8 Å². The van der Waals surface area contributed by atoms with E-state index < -0.39 is 26.8 Å². The smallest absolute Gasteiger partial charge is 0.296 e. The first-order valence-electron chi connectivity index (χ1n) is 8.20. The van der Waals surface area contributed by atoms with Crippen molar-refractivity contribution < 1.29 is 37.2 Å². The van der Waals surface area contributed by atoms with Crippen molar-refractivity contribution in [2.45, 2.75) is 9.79 Å². The number of rotatable bonds is 5. The summed E-state index contributed by atoms with van der Waals surface area (Å²) < 4.78 is 37.7. The Morgan fingerprint density at radius 2 is 1.63 bits per heavy atom. The molecule has 4 N–H and O–H groups in total. The SMILES string of the molecule is Nc1c(S(=O)(=O)O)cc2c3c(cc(SOOO)cc13)C(=O)N(c1ccccc1)C2=O. The van der Waals surface area contributed by atoms with Crippen LogP contribution < -0.4 is 10.6 Å². The van der Waals surface area contributed by atoms with Crippen LogP contribution in [0.4, 0.5) is 11.4 Å². The number of hydrogen-bond acceptors (Lipinski definition) is 9. The number of benzene rings is 3. The molecule has 0 bridgehead atoms. The van der Waals surface area contributed by atoms with Gasteiger partial charge in [0.15, 0.2) is 0 Å². The second kappa shape index (κ2) is 7.36. The molecule has 0 atom stereocenters. The molecule has 0 unspecified atom stereocenters. The summed E-state index contributed by atoms with van der Waals surface area (Å²) >= 11 is 0.521. The summed E-state index contributed by atoms with van der Waals surface area (Å²) in [5.74, 6) is -1.45. The van der Waals surface area contributed by atoms with Gasteiger partial charge in [-0.15, -0.1) is 4.33 Å². The molecule has 1 aliphatic rings. The van der Waals surface area contributed by atoms with Gasteiger partial charge in [-0.3, -0.25) is 14.1 Å². The van der Waals surface area contributed by atoms with Crippen LogP contribution in [0.15, 0.2) is 58.3 Å². The fourth-order valence-corrected chi connectivity index (χ4v) is 4.43. The first kappa shape index (κ1) is 20.3. The van der Waals surface area contributed by atoms with Gasteiger partial charge in [-0.1, -0.05) is 23.2 Å². The molecule has 2 amide bonds. The molecule has 1 heterocycles. The van der Waals surface area contributed by atoms with Crippen LogP contribution in [0.2, 0.25) is 0 Å². The number of para-hydroxylation sites is 1. The molecule has 4 rings (SSSR count). The highest BCUT2D eigenvalue weighted by molar-refractivity contribution is 7.94. The van der Waals surface area contributed by atoms with Gasteiger partial charge in [0, 0.05) is 15.7 Å². The third-order valence-corrected chi connectivity index (χ3v) is 5.98. The van der Waals surface area contributed by atoms with E-state index in [4.69, 9.17) is 11.0 Å². The minimum atomic E-state index is -4.78. The number of hydrogen-bond donors (Lipinski definition) is 3. The summed E-state index contributed by atoms with van der Waals surface area (Å²) in [5.41, 5.74) is 5.79. The van der Waals surface area contributed by atoms with E-state index in [0.717, 1.165) is 11.0 Å². The van der Waals surface area contributed by atoms with E-state index in [1.807, 2.05) is 0 Å². The number of imide groups is 1. The van der Waals surface area contributed by atoms with Crippen molar-refractivity contribution in [2.24, 2.45) is 0 Å².